The Morgan fingerprint density at radius 3 is 2.72 bits per heavy atom. The van der Waals surface area contributed by atoms with Crippen LogP contribution < -0.4 is 5.32 Å². The van der Waals surface area contributed by atoms with Crippen molar-refractivity contribution in [1.82, 2.24) is 19.8 Å². The second-order valence-corrected chi connectivity index (χ2v) is 6.87. The summed E-state index contributed by atoms with van der Waals surface area (Å²) in [6.07, 6.45) is 2.27. The highest BCUT2D eigenvalue weighted by Gasteiger charge is 2.32. The number of hydrogen-bond donors (Lipinski definition) is 2. The van der Waals surface area contributed by atoms with Gasteiger partial charge >= 0.3 is 0 Å². The SMILES string of the molecule is CNCc1n[nH]c(C)c1S(=O)(=O)N(C)CC1CC1. The molecule has 0 bridgehead atoms. The van der Waals surface area contributed by atoms with E-state index in [1.165, 1.54) is 4.31 Å². The minimum atomic E-state index is -3.43. The Hall–Kier alpha value is -0.920. The molecule has 0 radical (unpaired) electrons. The highest BCUT2D eigenvalue weighted by Crippen LogP contribution is 2.31. The van der Waals surface area contributed by atoms with E-state index >= 15 is 0 Å². The summed E-state index contributed by atoms with van der Waals surface area (Å²) in [7, 11) is -0.0204. The first kappa shape index (κ1) is 13.5. The predicted octanol–water partition coefficient (Wildman–Crippen LogP) is 0.468. The van der Waals surface area contributed by atoms with E-state index in [1.54, 1.807) is 21.0 Å². The molecule has 0 amide bonds. The minimum absolute atomic E-state index is 0.319. The van der Waals surface area contributed by atoms with Gasteiger partial charge in [0.1, 0.15) is 4.90 Å². The molecule has 2 rings (SSSR count). The van der Waals surface area contributed by atoms with Gasteiger partial charge in [0.25, 0.3) is 0 Å². The molecule has 2 N–H and O–H groups in total. The van der Waals surface area contributed by atoms with E-state index in [4.69, 9.17) is 0 Å². The van der Waals surface area contributed by atoms with Gasteiger partial charge in [-0.3, -0.25) is 5.10 Å². The molecule has 1 aliphatic rings. The number of H-pyrrole nitrogens is 1. The van der Waals surface area contributed by atoms with Gasteiger partial charge in [-0.2, -0.15) is 5.10 Å². The molecule has 18 heavy (non-hydrogen) atoms. The lowest BCUT2D eigenvalue weighted by atomic mass is 10.4. The second-order valence-electron chi connectivity index (χ2n) is 4.88. The maximum Gasteiger partial charge on any atom is 0.246 e. The number of aromatic amines is 1. The van der Waals surface area contributed by atoms with E-state index in [9.17, 15) is 8.42 Å². The van der Waals surface area contributed by atoms with Crippen molar-refractivity contribution in [2.24, 2.45) is 5.92 Å². The number of sulfonamides is 1. The molecule has 0 aromatic carbocycles. The van der Waals surface area contributed by atoms with Crippen molar-refractivity contribution < 1.29 is 8.42 Å². The Labute approximate surface area is 108 Å². The van der Waals surface area contributed by atoms with Crippen molar-refractivity contribution in [3.8, 4) is 0 Å². The summed E-state index contributed by atoms with van der Waals surface area (Å²) in [6, 6.07) is 0. The highest BCUT2D eigenvalue weighted by molar-refractivity contribution is 7.89. The molecular weight excluding hydrogens is 252 g/mol. The van der Waals surface area contributed by atoms with Crippen LogP contribution in [0.1, 0.15) is 24.2 Å². The molecule has 7 heteroatoms. The van der Waals surface area contributed by atoms with E-state index in [1.807, 2.05) is 0 Å². The molecule has 102 valence electrons. The van der Waals surface area contributed by atoms with Crippen LogP contribution in [0.15, 0.2) is 4.90 Å². The third-order valence-corrected chi connectivity index (χ3v) is 5.21. The van der Waals surface area contributed by atoms with Crippen molar-refractivity contribution in [3.05, 3.63) is 11.4 Å². The zero-order valence-electron chi connectivity index (χ0n) is 11.0. The summed E-state index contributed by atoms with van der Waals surface area (Å²) >= 11 is 0. The molecule has 0 unspecified atom stereocenters. The number of nitrogens with zero attached hydrogens (tertiary/aromatic N) is 2. The number of aryl methyl sites for hydroxylation is 1. The zero-order valence-corrected chi connectivity index (χ0v) is 11.8. The third kappa shape index (κ3) is 2.57. The molecule has 1 aliphatic carbocycles. The standard InChI is InChI=1S/C11H20N4O2S/c1-8-11(10(6-12-2)14-13-8)18(16,17)15(3)7-9-4-5-9/h9,12H,4-7H2,1-3H3,(H,13,14). The van der Waals surface area contributed by atoms with E-state index < -0.39 is 10.0 Å². The smallest absolute Gasteiger partial charge is 0.246 e. The predicted molar refractivity (Wildman–Crippen MR) is 68.6 cm³/mol. The van der Waals surface area contributed by atoms with Crippen molar-refractivity contribution in [1.29, 1.82) is 0 Å². The fourth-order valence-electron chi connectivity index (χ4n) is 2.02. The van der Waals surface area contributed by atoms with Crippen LogP contribution in [0.4, 0.5) is 0 Å². The van der Waals surface area contributed by atoms with Gasteiger partial charge in [-0.05, 0) is 32.7 Å². The normalized spacial score (nSPS) is 16.4. The van der Waals surface area contributed by atoms with Crippen LogP contribution in [0.3, 0.4) is 0 Å². The summed E-state index contributed by atoms with van der Waals surface area (Å²) in [4.78, 5) is 0.319. The summed E-state index contributed by atoms with van der Waals surface area (Å²) < 4.78 is 26.5. The number of rotatable bonds is 6. The first-order valence-corrected chi connectivity index (χ1v) is 7.55. The average molecular weight is 272 g/mol. The molecule has 1 aromatic rings. The molecule has 0 spiro atoms. The van der Waals surface area contributed by atoms with Crippen molar-refractivity contribution in [3.63, 3.8) is 0 Å². The van der Waals surface area contributed by atoms with Gasteiger partial charge < -0.3 is 5.32 Å². The lowest BCUT2D eigenvalue weighted by Gasteiger charge is -2.17. The van der Waals surface area contributed by atoms with Crippen molar-refractivity contribution in [2.45, 2.75) is 31.2 Å². The molecule has 6 nitrogen and oxygen atoms in total. The van der Waals surface area contributed by atoms with Gasteiger partial charge in [-0.1, -0.05) is 0 Å². The molecule has 1 heterocycles. The number of aromatic nitrogens is 2. The summed E-state index contributed by atoms with van der Waals surface area (Å²) in [5.41, 5.74) is 1.15. The van der Waals surface area contributed by atoms with Gasteiger partial charge in [0.2, 0.25) is 10.0 Å². The van der Waals surface area contributed by atoms with Crippen molar-refractivity contribution in [2.75, 3.05) is 20.6 Å². The Morgan fingerprint density at radius 1 is 1.50 bits per heavy atom. The van der Waals surface area contributed by atoms with Gasteiger partial charge in [-0.25, -0.2) is 12.7 Å². The van der Waals surface area contributed by atoms with Crippen LogP contribution in [0, 0.1) is 12.8 Å². The zero-order chi connectivity index (χ0) is 13.3. The lowest BCUT2D eigenvalue weighted by molar-refractivity contribution is 0.451. The molecular formula is C11H20N4O2S. The number of hydrogen-bond acceptors (Lipinski definition) is 4. The molecule has 0 atom stereocenters. The summed E-state index contributed by atoms with van der Waals surface area (Å²) in [5, 5.41) is 9.75. The van der Waals surface area contributed by atoms with Crippen LogP contribution in [-0.2, 0) is 16.6 Å². The molecule has 1 saturated carbocycles. The highest BCUT2D eigenvalue weighted by atomic mass is 32.2. The molecule has 1 aromatic heterocycles. The monoisotopic (exact) mass is 272 g/mol. The molecule has 0 saturated heterocycles. The average Bonchev–Trinajstić information content (AvgIpc) is 3.02. The van der Waals surface area contributed by atoms with Crippen LogP contribution in [0.5, 0.6) is 0 Å². The minimum Gasteiger partial charge on any atom is -0.314 e. The Morgan fingerprint density at radius 2 is 2.17 bits per heavy atom. The van der Waals surface area contributed by atoms with Gasteiger partial charge in [0.05, 0.1) is 11.4 Å². The fourth-order valence-corrected chi connectivity index (χ4v) is 3.58. The van der Waals surface area contributed by atoms with Crippen LogP contribution in [-0.4, -0.2) is 43.6 Å². The first-order chi connectivity index (χ1) is 8.46. The number of nitrogens with one attached hydrogen (secondary N) is 2. The van der Waals surface area contributed by atoms with Gasteiger partial charge in [-0.15, -0.1) is 0 Å². The van der Waals surface area contributed by atoms with E-state index in [0.717, 1.165) is 12.8 Å². The quantitative estimate of drug-likeness (QED) is 0.789. The topological polar surface area (TPSA) is 78.1 Å². The van der Waals surface area contributed by atoms with Gasteiger partial charge in [0.15, 0.2) is 0 Å². The second kappa shape index (κ2) is 4.99. The van der Waals surface area contributed by atoms with Crippen molar-refractivity contribution >= 4 is 10.0 Å². The Bertz CT molecular complexity index is 519. The third-order valence-electron chi connectivity index (χ3n) is 3.19. The van der Waals surface area contributed by atoms with Crippen LogP contribution in [0.25, 0.3) is 0 Å². The summed E-state index contributed by atoms with van der Waals surface area (Å²) in [6.45, 7) is 2.78. The van der Waals surface area contributed by atoms with Crippen LogP contribution in [0.2, 0.25) is 0 Å². The fraction of sp³-hybridized carbons (Fsp3) is 0.727. The molecule has 1 fully saturated rings. The Balaban J connectivity index is 2.29. The van der Waals surface area contributed by atoms with Gasteiger partial charge in [0, 0.05) is 20.1 Å². The largest absolute Gasteiger partial charge is 0.314 e. The summed E-state index contributed by atoms with van der Waals surface area (Å²) in [5.74, 6) is 0.532. The maximum atomic E-state index is 12.5. The maximum absolute atomic E-state index is 12.5. The van der Waals surface area contributed by atoms with E-state index in [-0.39, 0.29) is 0 Å². The molecule has 0 aliphatic heterocycles. The first-order valence-electron chi connectivity index (χ1n) is 6.11. The van der Waals surface area contributed by atoms with Crippen LogP contribution >= 0.6 is 0 Å². The lowest BCUT2D eigenvalue weighted by Crippen LogP contribution is -2.30. The van der Waals surface area contributed by atoms with E-state index in [2.05, 4.69) is 15.5 Å². The Kier molecular flexibility index (Phi) is 3.74. The van der Waals surface area contributed by atoms with E-state index in [0.29, 0.717) is 35.3 Å².